The van der Waals surface area contributed by atoms with Gasteiger partial charge in [0, 0.05) is 24.7 Å². The van der Waals surface area contributed by atoms with Crippen LogP contribution in [0.25, 0.3) is 0 Å². The van der Waals surface area contributed by atoms with Gasteiger partial charge in [0.15, 0.2) is 0 Å². The highest BCUT2D eigenvalue weighted by atomic mass is 35.5. The Morgan fingerprint density at radius 1 is 1.21 bits per heavy atom. The van der Waals surface area contributed by atoms with Gasteiger partial charge in [0.2, 0.25) is 5.91 Å². The number of benzene rings is 1. The summed E-state index contributed by atoms with van der Waals surface area (Å²) in [6.45, 7) is 4.98. The summed E-state index contributed by atoms with van der Waals surface area (Å²) in [5.74, 6) is -0.890. The van der Waals surface area contributed by atoms with Crippen molar-refractivity contribution in [1.29, 1.82) is 0 Å². The number of imide groups is 1. The molecule has 5 amide bonds. The van der Waals surface area contributed by atoms with Crippen LogP contribution < -0.4 is 16.0 Å². The molecule has 9 heteroatoms. The second kappa shape index (κ2) is 8.41. The number of halogens is 1. The van der Waals surface area contributed by atoms with Crippen LogP contribution in [-0.4, -0.2) is 47.3 Å². The first-order chi connectivity index (χ1) is 13.8. The number of anilines is 1. The molecule has 3 N–H and O–H groups in total. The number of rotatable bonds is 5. The molecule has 1 aliphatic carbocycles. The lowest BCUT2D eigenvalue weighted by Gasteiger charge is -2.33. The van der Waals surface area contributed by atoms with E-state index in [4.69, 9.17) is 11.6 Å². The van der Waals surface area contributed by atoms with E-state index in [1.54, 1.807) is 23.1 Å². The summed E-state index contributed by atoms with van der Waals surface area (Å²) in [4.78, 5) is 50.2. The van der Waals surface area contributed by atoms with Crippen molar-refractivity contribution in [1.82, 2.24) is 15.5 Å². The van der Waals surface area contributed by atoms with Gasteiger partial charge in [-0.2, -0.15) is 0 Å². The lowest BCUT2D eigenvalue weighted by Crippen LogP contribution is -2.50. The molecule has 1 spiro atoms. The summed E-state index contributed by atoms with van der Waals surface area (Å²) in [6.07, 6.45) is 1.82. The zero-order valence-corrected chi connectivity index (χ0v) is 17.3. The van der Waals surface area contributed by atoms with E-state index in [-0.39, 0.29) is 28.7 Å². The third-order valence-corrected chi connectivity index (χ3v) is 6.05. The molecule has 29 heavy (non-hydrogen) atoms. The molecule has 0 aromatic heterocycles. The molecule has 1 aromatic rings. The molecule has 1 aromatic carbocycles. The van der Waals surface area contributed by atoms with Gasteiger partial charge in [-0.15, -0.1) is 0 Å². The van der Waals surface area contributed by atoms with Gasteiger partial charge in [0.05, 0.1) is 10.6 Å². The van der Waals surface area contributed by atoms with E-state index in [9.17, 15) is 19.2 Å². The minimum Gasteiger partial charge on any atom is -0.339 e. The fourth-order valence-corrected chi connectivity index (χ4v) is 4.21. The molecule has 1 heterocycles. The van der Waals surface area contributed by atoms with Gasteiger partial charge in [-0.05, 0) is 57.7 Å². The largest absolute Gasteiger partial charge is 0.339 e. The van der Waals surface area contributed by atoms with Crippen molar-refractivity contribution in [3.63, 3.8) is 0 Å². The fraction of sp³-hybridized carbons (Fsp3) is 0.500. The van der Waals surface area contributed by atoms with Crippen LogP contribution in [0.5, 0.6) is 0 Å². The summed E-state index contributed by atoms with van der Waals surface area (Å²) < 4.78 is 0. The summed E-state index contributed by atoms with van der Waals surface area (Å²) in [5, 5.41) is 8.07. The Labute approximate surface area is 174 Å². The first-order valence-electron chi connectivity index (χ1n) is 9.83. The monoisotopic (exact) mass is 420 g/mol. The van der Waals surface area contributed by atoms with Crippen molar-refractivity contribution >= 4 is 41.0 Å². The van der Waals surface area contributed by atoms with Gasteiger partial charge in [0.25, 0.3) is 11.8 Å². The number of nitrogens with zero attached hydrogens (tertiary/aromatic N) is 1. The molecule has 2 aliphatic rings. The highest BCUT2D eigenvalue weighted by Crippen LogP contribution is 2.35. The SMILES string of the molecule is CCN(CC)C(=O)c1ccc(NC(=O)C2CCC3(CC2)NC(=O)NC3=O)cc1Cl. The van der Waals surface area contributed by atoms with Crippen molar-refractivity contribution in [2.75, 3.05) is 18.4 Å². The second-order valence-electron chi connectivity index (χ2n) is 7.43. The normalized spacial score (nSPS) is 23.5. The van der Waals surface area contributed by atoms with Crippen LogP contribution >= 0.6 is 11.6 Å². The topological polar surface area (TPSA) is 108 Å². The third-order valence-electron chi connectivity index (χ3n) is 5.74. The lowest BCUT2D eigenvalue weighted by atomic mass is 9.76. The number of amides is 5. The van der Waals surface area contributed by atoms with Crippen molar-refractivity contribution in [2.24, 2.45) is 5.92 Å². The van der Waals surface area contributed by atoms with E-state index in [2.05, 4.69) is 16.0 Å². The van der Waals surface area contributed by atoms with Gasteiger partial charge < -0.3 is 15.5 Å². The fourth-order valence-electron chi connectivity index (χ4n) is 3.94. The van der Waals surface area contributed by atoms with Gasteiger partial charge in [-0.1, -0.05) is 11.6 Å². The molecule has 2 fully saturated rings. The molecular formula is C20H25ClN4O4. The van der Waals surface area contributed by atoms with Crippen LogP contribution in [0, 0.1) is 5.92 Å². The van der Waals surface area contributed by atoms with E-state index in [0.29, 0.717) is 50.0 Å². The van der Waals surface area contributed by atoms with Crippen LogP contribution in [0.4, 0.5) is 10.5 Å². The molecule has 3 rings (SSSR count). The standard InChI is InChI=1S/C20H25ClN4O4/c1-3-25(4-2)17(27)14-6-5-13(11-15(14)21)22-16(26)12-7-9-20(10-8-12)18(28)23-19(29)24-20/h5-6,11-12H,3-4,7-10H2,1-2H3,(H,22,26)(H2,23,24,28,29). The van der Waals surface area contributed by atoms with E-state index >= 15 is 0 Å². The van der Waals surface area contributed by atoms with Crippen LogP contribution in [-0.2, 0) is 9.59 Å². The molecule has 156 valence electrons. The van der Waals surface area contributed by atoms with E-state index < -0.39 is 11.6 Å². The minimum atomic E-state index is -0.885. The molecule has 1 saturated heterocycles. The number of hydrogen-bond donors (Lipinski definition) is 3. The highest BCUT2D eigenvalue weighted by molar-refractivity contribution is 6.34. The summed E-state index contributed by atoms with van der Waals surface area (Å²) in [5.41, 5.74) is 0.0307. The zero-order chi connectivity index (χ0) is 21.2. The average molecular weight is 421 g/mol. The van der Waals surface area contributed by atoms with Gasteiger partial charge >= 0.3 is 6.03 Å². The van der Waals surface area contributed by atoms with Crippen LogP contribution in [0.15, 0.2) is 18.2 Å². The van der Waals surface area contributed by atoms with Crippen molar-refractivity contribution in [3.8, 4) is 0 Å². The maximum absolute atomic E-state index is 12.6. The Balaban J connectivity index is 1.61. The number of carbonyl (C=O) groups excluding carboxylic acids is 4. The number of hydrogen-bond acceptors (Lipinski definition) is 4. The lowest BCUT2D eigenvalue weighted by molar-refractivity contribution is -0.128. The zero-order valence-electron chi connectivity index (χ0n) is 16.5. The van der Waals surface area contributed by atoms with Gasteiger partial charge in [-0.25, -0.2) is 4.79 Å². The van der Waals surface area contributed by atoms with E-state index in [1.165, 1.54) is 0 Å². The summed E-state index contributed by atoms with van der Waals surface area (Å²) in [6, 6.07) is 4.37. The van der Waals surface area contributed by atoms with Crippen LogP contribution in [0.1, 0.15) is 49.9 Å². The first-order valence-corrected chi connectivity index (χ1v) is 10.2. The summed E-state index contributed by atoms with van der Waals surface area (Å²) in [7, 11) is 0. The molecule has 0 atom stereocenters. The van der Waals surface area contributed by atoms with E-state index in [0.717, 1.165) is 0 Å². The number of nitrogens with one attached hydrogen (secondary N) is 3. The maximum atomic E-state index is 12.6. The first kappa shape index (κ1) is 21.1. The van der Waals surface area contributed by atoms with Crippen LogP contribution in [0.3, 0.4) is 0 Å². The summed E-state index contributed by atoms with van der Waals surface area (Å²) >= 11 is 6.28. The quantitative estimate of drug-likeness (QED) is 0.636. The molecule has 0 unspecified atom stereocenters. The molecular weight excluding hydrogens is 396 g/mol. The maximum Gasteiger partial charge on any atom is 0.322 e. The van der Waals surface area contributed by atoms with Crippen molar-refractivity contribution < 1.29 is 19.2 Å². The highest BCUT2D eigenvalue weighted by Gasteiger charge is 2.48. The average Bonchev–Trinajstić information content (AvgIpc) is 2.96. The van der Waals surface area contributed by atoms with Gasteiger partial charge in [-0.3, -0.25) is 19.7 Å². The molecule has 1 aliphatic heterocycles. The Kier molecular flexibility index (Phi) is 6.12. The second-order valence-corrected chi connectivity index (χ2v) is 7.83. The molecule has 0 bridgehead atoms. The minimum absolute atomic E-state index is 0.146. The van der Waals surface area contributed by atoms with Crippen molar-refractivity contribution in [2.45, 2.75) is 45.1 Å². The number of urea groups is 1. The molecule has 8 nitrogen and oxygen atoms in total. The molecule has 0 radical (unpaired) electrons. The third kappa shape index (κ3) is 4.22. The van der Waals surface area contributed by atoms with Crippen molar-refractivity contribution in [3.05, 3.63) is 28.8 Å². The smallest absolute Gasteiger partial charge is 0.322 e. The predicted molar refractivity (Wildman–Crippen MR) is 109 cm³/mol. The predicted octanol–water partition coefficient (Wildman–Crippen LogP) is 2.53. The van der Waals surface area contributed by atoms with Gasteiger partial charge in [0.1, 0.15) is 5.54 Å². The Hall–Kier alpha value is -2.61. The Morgan fingerprint density at radius 3 is 2.38 bits per heavy atom. The number of carbonyl (C=O) groups is 4. The Morgan fingerprint density at radius 2 is 1.86 bits per heavy atom. The Bertz CT molecular complexity index is 845. The van der Waals surface area contributed by atoms with Crippen LogP contribution in [0.2, 0.25) is 5.02 Å². The van der Waals surface area contributed by atoms with E-state index in [1.807, 2.05) is 13.8 Å². The molecule has 1 saturated carbocycles.